The summed E-state index contributed by atoms with van der Waals surface area (Å²) in [5.74, 6) is 0. The van der Waals surface area contributed by atoms with E-state index in [1.54, 1.807) is 18.2 Å². The van der Waals surface area contributed by atoms with E-state index in [0.29, 0.717) is 5.39 Å². The van der Waals surface area contributed by atoms with E-state index >= 15 is 0 Å². The lowest BCUT2D eigenvalue weighted by Crippen LogP contribution is -2.32. The van der Waals surface area contributed by atoms with Crippen LogP contribution >= 0.6 is 0 Å². The van der Waals surface area contributed by atoms with E-state index in [1.165, 1.54) is 18.4 Å². The Hall–Kier alpha value is -2.32. The van der Waals surface area contributed by atoms with E-state index in [1.807, 2.05) is 37.2 Å². The second-order valence-corrected chi connectivity index (χ2v) is 7.75. The van der Waals surface area contributed by atoms with Crippen LogP contribution in [0.5, 0.6) is 0 Å². The largest absolute Gasteiger partial charge is 0.448 e. The summed E-state index contributed by atoms with van der Waals surface area (Å²) in [6.07, 6.45) is -0.591. The molecule has 0 aliphatic carbocycles. The lowest BCUT2D eigenvalue weighted by atomic mass is 10.1. The summed E-state index contributed by atoms with van der Waals surface area (Å²) >= 11 is 0. The van der Waals surface area contributed by atoms with Gasteiger partial charge in [0.15, 0.2) is 0 Å². The SMILES string of the molecule is CNC(=O)OCCN(C)S(=O)(=O)c1cccc2c(N(C)C)cccc12. The highest BCUT2D eigenvalue weighted by Gasteiger charge is 2.23. The molecule has 2 aromatic rings. The van der Waals surface area contributed by atoms with Gasteiger partial charge < -0.3 is 15.0 Å². The molecule has 0 atom stereocenters. The van der Waals surface area contributed by atoms with Crippen molar-refractivity contribution < 1.29 is 17.9 Å². The van der Waals surface area contributed by atoms with Gasteiger partial charge in [-0.2, -0.15) is 4.31 Å². The third-order valence-electron chi connectivity index (χ3n) is 3.87. The van der Waals surface area contributed by atoms with Crippen LogP contribution in [0.2, 0.25) is 0 Å². The number of carbonyl (C=O) groups excluding carboxylic acids is 1. The molecule has 0 fully saturated rings. The van der Waals surface area contributed by atoms with Crippen molar-refractivity contribution in [1.29, 1.82) is 0 Å². The van der Waals surface area contributed by atoms with Crippen molar-refractivity contribution in [3.8, 4) is 0 Å². The number of amides is 1. The van der Waals surface area contributed by atoms with Crippen LogP contribution in [0.25, 0.3) is 10.8 Å². The van der Waals surface area contributed by atoms with E-state index in [9.17, 15) is 13.2 Å². The van der Waals surface area contributed by atoms with Crippen LogP contribution in [0, 0.1) is 0 Å². The predicted molar refractivity (Wildman–Crippen MR) is 98.5 cm³/mol. The fourth-order valence-corrected chi connectivity index (χ4v) is 3.86. The average molecular weight is 365 g/mol. The van der Waals surface area contributed by atoms with Gasteiger partial charge in [0, 0.05) is 51.2 Å². The van der Waals surface area contributed by atoms with E-state index in [0.717, 1.165) is 11.1 Å². The molecule has 0 heterocycles. The van der Waals surface area contributed by atoms with Gasteiger partial charge in [-0.1, -0.05) is 24.3 Å². The Balaban J connectivity index is 2.36. The minimum atomic E-state index is -3.71. The normalized spacial score (nSPS) is 11.6. The highest BCUT2D eigenvalue weighted by Crippen LogP contribution is 2.31. The molecule has 0 saturated heterocycles. The van der Waals surface area contributed by atoms with Crippen LogP contribution in [-0.2, 0) is 14.8 Å². The molecule has 1 N–H and O–H groups in total. The van der Waals surface area contributed by atoms with Gasteiger partial charge in [-0.25, -0.2) is 13.2 Å². The lowest BCUT2D eigenvalue weighted by Gasteiger charge is -2.20. The van der Waals surface area contributed by atoms with Gasteiger partial charge in [0.1, 0.15) is 6.61 Å². The number of hydrogen-bond acceptors (Lipinski definition) is 5. The Bertz CT molecular complexity index is 865. The molecule has 25 heavy (non-hydrogen) atoms. The summed E-state index contributed by atoms with van der Waals surface area (Å²) in [7, 11) is 3.04. The number of ether oxygens (including phenoxy) is 1. The number of carbonyl (C=O) groups is 1. The van der Waals surface area contributed by atoms with Gasteiger partial charge in [-0.15, -0.1) is 0 Å². The van der Waals surface area contributed by atoms with Crippen LogP contribution in [0.1, 0.15) is 0 Å². The molecule has 7 nitrogen and oxygen atoms in total. The maximum absolute atomic E-state index is 12.9. The quantitative estimate of drug-likeness (QED) is 0.846. The summed E-state index contributed by atoms with van der Waals surface area (Å²) in [5, 5.41) is 3.84. The first-order chi connectivity index (χ1) is 11.8. The standard InChI is InChI=1S/C17H23N3O4S/c1-18-17(21)24-12-11-20(4)25(22,23)16-10-6-7-13-14(16)8-5-9-15(13)19(2)3/h5-10H,11-12H2,1-4H3,(H,18,21). The summed E-state index contributed by atoms with van der Waals surface area (Å²) in [5.41, 5.74) is 0.945. The first-order valence-electron chi connectivity index (χ1n) is 7.79. The lowest BCUT2D eigenvalue weighted by molar-refractivity contribution is 0.144. The molecule has 0 spiro atoms. The van der Waals surface area contributed by atoms with E-state index < -0.39 is 16.1 Å². The highest BCUT2D eigenvalue weighted by molar-refractivity contribution is 7.89. The Morgan fingerprint density at radius 1 is 1.08 bits per heavy atom. The highest BCUT2D eigenvalue weighted by atomic mass is 32.2. The molecule has 2 rings (SSSR count). The zero-order valence-corrected chi connectivity index (χ0v) is 15.6. The number of nitrogens with zero attached hydrogens (tertiary/aromatic N) is 2. The van der Waals surface area contributed by atoms with Gasteiger partial charge in [0.05, 0.1) is 4.90 Å². The van der Waals surface area contributed by atoms with Crippen LogP contribution in [0.4, 0.5) is 10.5 Å². The number of sulfonamides is 1. The molecular formula is C17H23N3O4S. The summed E-state index contributed by atoms with van der Waals surface area (Å²) in [6.45, 7) is 0.0443. The Morgan fingerprint density at radius 2 is 1.72 bits per heavy atom. The summed E-state index contributed by atoms with van der Waals surface area (Å²) < 4.78 is 31.9. The molecule has 0 saturated carbocycles. The van der Waals surface area contributed by atoms with Gasteiger partial charge in [-0.05, 0) is 12.1 Å². The van der Waals surface area contributed by atoms with Crippen LogP contribution in [0.15, 0.2) is 41.3 Å². The Morgan fingerprint density at radius 3 is 2.36 bits per heavy atom. The molecule has 0 aliphatic heterocycles. The van der Waals surface area contributed by atoms with E-state index in [-0.39, 0.29) is 18.0 Å². The van der Waals surface area contributed by atoms with Crippen molar-refractivity contribution >= 4 is 32.6 Å². The van der Waals surface area contributed by atoms with Gasteiger partial charge in [0.25, 0.3) is 0 Å². The van der Waals surface area contributed by atoms with Crippen molar-refractivity contribution in [1.82, 2.24) is 9.62 Å². The second kappa shape index (κ2) is 7.71. The minimum absolute atomic E-state index is 0.0247. The molecule has 0 aliphatic rings. The molecule has 8 heteroatoms. The van der Waals surface area contributed by atoms with Gasteiger partial charge in [0.2, 0.25) is 10.0 Å². The van der Waals surface area contributed by atoms with Crippen molar-refractivity contribution in [2.24, 2.45) is 0 Å². The molecule has 0 bridgehead atoms. The molecule has 1 amide bonds. The second-order valence-electron chi connectivity index (χ2n) is 5.74. The maximum atomic E-state index is 12.9. The topological polar surface area (TPSA) is 79.0 Å². The van der Waals surface area contributed by atoms with Crippen molar-refractivity contribution in [2.75, 3.05) is 46.2 Å². The van der Waals surface area contributed by atoms with Crippen LogP contribution in [0.3, 0.4) is 0 Å². The number of likely N-dealkylation sites (N-methyl/N-ethyl adjacent to an activating group) is 1. The third kappa shape index (κ3) is 4.02. The molecular weight excluding hydrogens is 342 g/mol. The number of nitrogens with one attached hydrogen (secondary N) is 1. The van der Waals surface area contributed by atoms with E-state index in [4.69, 9.17) is 4.74 Å². The number of anilines is 1. The van der Waals surface area contributed by atoms with Crippen LogP contribution in [-0.4, -0.2) is 60.2 Å². The first kappa shape index (κ1) is 19.0. The average Bonchev–Trinajstić information content (AvgIpc) is 2.59. The number of rotatable bonds is 6. The van der Waals surface area contributed by atoms with Crippen molar-refractivity contribution in [2.45, 2.75) is 4.90 Å². The number of hydrogen-bond donors (Lipinski definition) is 1. The fraction of sp³-hybridized carbons (Fsp3) is 0.353. The predicted octanol–water partition coefficient (Wildman–Crippen LogP) is 1.88. The number of fused-ring (bicyclic) bond motifs is 1. The third-order valence-corrected chi connectivity index (χ3v) is 5.79. The molecule has 0 unspecified atom stereocenters. The summed E-state index contributed by atoms with van der Waals surface area (Å²) in [6, 6.07) is 10.8. The zero-order valence-electron chi connectivity index (χ0n) is 14.8. The monoisotopic (exact) mass is 365 g/mol. The van der Waals surface area contributed by atoms with Crippen molar-refractivity contribution in [3.63, 3.8) is 0 Å². The smallest absolute Gasteiger partial charge is 0.406 e. The molecule has 2 aromatic carbocycles. The van der Waals surface area contributed by atoms with Gasteiger partial charge >= 0.3 is 6.09 Å². The molecule has 0 radical (unpaired) electrons. The van der Waals surface area contributed by atoms with Gasteiger partial charge in [-0.3, -0.25) is 0 Å². The molecule has 136 valence electrons. The van der Waals surface area contributed by atoms with Crippen LogP contribution < -0.4 is 10.2 Å². The molecule has 0 aromatic heterocycles. The Kier molecular flexibility index (Phi) is 5.86. The summed E-state index contributed by atoms with van der Waals surface area (Å²) in [4.78, 5) is 13.3. The zero-order chi connectivity index (χ0) is 18.6. The first-order valence-corrected chi connectivity index (χ1v) is 9.23. The maximum Gasteiger partial charge on any atom is 0.406 e. The minimum Gasteiger partial charge on any atom is -0.448 e. The Labute approximate surface area is 148 Å². The fourth-order valence-electron chi connectivity index (χ4n) is 2.51. The van der Waals surface area contributed by atoms with E-state index in [2.05, 4.69) is 5.32 Å². The number of benzene rings is 2. The number of alkyl carbamates (subject to hydrolysis) is 1. The van der Waals surface area contributed by atoms with Crippen molar-refractivity contribution in [3.05, 3.63) is 36.4 Å².